The summed E-state index contributed by atoms with van der Waals surface area (Å²) in [5, 5.41) is 0. The molecule has 2 aliphatic rings. The van der Waals surface area contributed by atoms with Gasteiger partial charge in [-0.1, -0.05) is 0 Å². The summed E-state index contributed by atoms with van der Waals surface area (Å²) in [4.78, 5) is 14.4. The van der Waals surface area contributed by atoms with E-state index in [0.717, 1.165) is 0 Å². The first kappa shape index (κ1) is 21.8. The minimum absolute atomic E-state index is 1.20. The third kappa shape index (κ3) is 10.6. The summed E-state index contributed by atoms with van der Waals surface area (Å²) in [5.74, 6) is 0. The number of nitrogens with zero attached hydrogens (tertiary/aromatic N) is 6. The molecule has 0 unspecified atom stereocenters. The molecule has 2 heterocycles. The van der Waals surface area contributed by atoms with Crippen molar-refractivity contribution in [3.8, 4) is 0 Å². The highest BCUT2D eigenvalue weighted by atomic mass is 15.2. The summed E-state index contributed by atoms with van der Waals surface area (Å²) in [6.45, 7) is 14.4. The predicted octanol–water partition coefficient (Wildman–Crippen LogP) is -0.409. The second-order valence-corrected chi connectivity index (χ2v) is 7.82. The molecule has 2 saturated heterocycles. The summed E-state index contributed by atoms with van der Waals surface area (Å²) in [7, 11) is 13.2. The summed E-state index contributed by atoms with van der Waals surface area (Å²) < 4.78 is 0. The van der Waals surface area contributed by atoms with Crippen LogP contribution >= 0.6 is 0 Å². The van der Waals surface area contributed by atoms with Gasteiger partial charge in [0.15, 0.2) is 0 Å². The smallest absolute Gasteiger partial charge is 0.0107 e. The lowest BCUT2D eigenvalue weighted by molar-refractivity contribution is 0.277. The maximum Gasteiger partial charge on any atom is 0.0107 e. The van der Waals surface area contributed by atoms with Crippen LogP contribution in [0.3, 0.4) is 0 Å². The molecule has 0 bridgehead atoms. The minimum atomic E-state index is 1.20. The van der Waals surface area contributed by atoms with Crippen LogP contribution in [0.25, 0.3) is 0 Å². The zero-order chi connectivity index (χ0) is 17.9. The van der Waals surface area contributed by atoms with Crippen molar-refractivity contribution in [2.75, 3.05) is 121 Å². The van der Waals surface area contributed by atoms with Gasteiger partial charge in [-0.15, -0.1) is 0 Å². The molecule has 6 nitrogen and oxygen atoms in total. The van der Waals surface area contributed by atoms with E-state index in [0.29, 0.717) is 0 Å². The molecular formula is C18H42N6. The van der Waals surface area contributed by atoms with Gasteiger partial charge in [0.25, 0.3) is 0 Å². The van der Waals surface area contributed by atoms with Gasteiger partial charge in [0, 0.05) is 78.5 Å². The first-order valence-electron chi connectivity index (χ1n) is 9.48. The molecule has 2 rings (SSSR count). The van der Waals surface area contributed by atoms with E-state index in [4.69, 9.17) is 0 Å². The lowest BCUT2D eigenvalue weighted by atomic mass is 10.5. The minimum Gasteiger partial charge on any atom is -0.304 e. The topological polar surface area (TPSA) is 19.4 Å². The Morgan fingerprint density at radius 3 is 0.417 bits per heavy atom. The van der Waals surface area contributed by atoms with Gasteiger partial charge in [-0.2, -0.15) is 0 Å². The van der Waals surface area contributed by atoms with Crippen molar-refractivity contribution in [3.05, 3.63) is 0 Å². The van der Waals surface area contributed by atoms with E-state index < -0.39 is 0 Å². The molecule has 2 fully saturated rings. The molecule has 0 aromatic carbocycles. The Labute approximate surface area is 150 Å². The zero-order valence-corrected chi connectivity index (χ0v) is 17.2. The monoisotopic (exact) mass is 342 g/mol. The van der Waals surface area contributed by atoms with E-state index in [2.05, 4.69) is 71.7 Å². The summed E-state index contributed by atoms with van der Waals surface area (Å²) >= 11 is 0. The van der Waals surface area contributed by atoms with Crippen molar-refractivity contribution >= 4 is 0 Å². The third-order valence-electron chi connectivity index (χ3n) is 5.18. The molecular weight excluding hydrogens is 300 g/mol. The van der Waals surface area contributed by atoms with E-state index in [9.17, 15) is 0 Å². The highest BCUT2D eigenvalue weighted by Crippen LogP contribution is 1.94. The maximum atomic E-state index is 2.40. The fourth-order valence-electron chi connectivity index (χ4n) is 2.72. The summed E-state index contributed by atoms with van der Waals surface area (Å²) in [6.07, 6.45) is 0. The van der Waals surface area contributed by atoms with Crippen LogP contribution in [0.4, 0.5) is 0 Å². The van der Waals surface area contributed by atoms with E-state index in [1.807, 2.05) is 0 Å². The Morgan fingerprint density at radius 2 is 0.333 bits per heavy atom. The first-order valence-corrected chi connectivity index (χ1v) is 9.48. The van der Waals surface area contributed by atoms with Crippen LogP contribution in [0, 0.1) is 0 Å². The van der Waals surface area contributed by atoms with E-state index in [1.54, 1.807) is 0 Å². The van der Waals surface area contributed by atoms with Gasteiger partial charge in [-0.05, 0) is 42.3 Å². The first-order chi connectivity index (χ1) is 11.4. The van der Waals surface area contributed by atoms with Gasteiger partial charge in [-0.3, -0.25) is 0 Å². The zero-order valence-electron chi connectivity index (χ0n) is 17.2. The fraction of sp³-hybridized carbons (Fsp3) is 1.00. The molecule has 144 valence electrons. The molecule has 6 heteroatoms. The van der Waals surface area contributed by atoms with Crippen LogP contribution in [-0.4, -0.2) is 150 Å². The quantitative estimate of drug-likeness (QED) is 0.592. The molecule has 0 aromatic heterocycles. The average molecular weight is 343 g/mol. The lowest BCUT2D eigenvalue weighted by Crippen LogP contribution is -2.31. The van der Waals surface area contributed by atoms with Crippen LogP contribution in [-0.2, 0) is 0 Å². The van der Waals surface area contributed by atoms with Gasteiger partial charge >= 0.3 is 0 Å². The Hall–Kier alpha value is -0.240. The molecule has 0 spiro atoms. The van der Waals surface area contributed by atoms with Crippen LogP contribution in [0.1, 0.15) is 0 Å². The fourth-order valence-corrected chi connectivity index (χ4v) is 2.72. The SMILES string of the molecule is CN1CCN(C)CCN(C)CC1.CN1CCN(C)CCN(C)CC1. The molecule has 2 aliphatic heterocycles. The Bertz CT molecular complexity index is 212. The van der Waals surface area contributed by atoms with E-state index in [1.165, 1.54) is 78.5 Å². The third-order valence-corrected chi connectivity index (χ3v) is 5.18. The summed E-state index contributed by atoms with van der Waals surface area (Å²) in [6, 6.07) is 0. The van der Waals surface area contributed by atoms with Crippen molar-refractivity contribution in [3.63, 3.8) is 0 Å². The maximum absolute atomic E-state index is 2.40. The molecule has 0 saturated carbocycles. The number of rotatable bonds is 0. The van der Waals surface area contributed by atoms with Gasteiger partial charge < -0.3 is 29.4 Å². The van der Waals surface area contributed by atoms with Crippen LogP contribution in [0.2, 0.25) is 0 Å². The van der Waals surface area contributed by atoms with Gasteiger partial charge in [0.05, 0.1) is 0 Å². The molecule has 0 amide bonds. The van der Waals surface area contributed by atoms with Crippen LogP contribution < -0.4 is 0 Å². The Balaban J connectivity index is 0.000000240. The van der Waals surface area contributed by atoms with Crippen molar-refractivity contribution < 1.29 is 0 Å². The Kier molecular flexibility index (Phi) is 11.1. The standard InChI is InChI=1S/2C9H21N3/c2*1-10-4-6-11(2)8-9-12(3)7-5-10/h2*4-9H2,1-3H3. The molecule has 24 heavy (non-hydrogen) atoms. The second-order valence-electron chi connectivity index (χ2n) is 7.82. The van der Waals surface area contributed by atoms with E-state index in [-0.39, 0.29) is 0 Å². The van der Waals surface area contributed by atoms with Crippen molar-refractivity contribution in [1.29, 1.82) is 0 Å². The number of hydrogen-bond donors (Lipinski definition) is 0. The molecule has 0 N–H and O–H groups in total. The predicted molar refractivity (Wildman–Crippen MR) is 105 cm³/mol. The molecule has 0 atom stereocenters. The normalized spacial score (nSPS) is 26.2. The number of likely N-dealkylation sites (N-methyl/N-ethyl adjacent to an activating group) is 6. The van der Waals surface area contributed by atoms with Crippen LogP contribution in [0.15, 0.2) is 0 Å². The van der Waals surface area contributed by atoms with Gasteiger partial charge in [-0.25, -0.2) is 0 Å². The van der Waals surface area contributed by atoms with Gasteiger partial charge in [0.2, 0.25) is 0 Å². The Morgan fingerprint density at radius 1 is 0.250 bits per heavy atom. The second kappa shape index (κ2) is 12.2. The number of hydrogen-bond acceptors (Lipinski definition) is 6. The van der Waals surface area contributed by atoms with Crippen LogP contribution in [0.5, 0.6) is 0 Å². The van der Waals surface area contributed by atoms with Crippen molar-refractivity contribution in [2.24, 2.45) is 0 Å². The summed E-state index contributed by atoms with van der Waals surface area (Å²) in [5.41, 5.74) is 0. The van der Waals surface area contributed by atoms with Crippen molar-refractivity contribution in [2.45, 2.75) is 0 Å². The largest absolute Gasteiger partial charge is 0.304 e. The average Bonchev–Trinajstić information content (AvgIpc) is 2.68. The molecule has 0 radical (unpaired) electrons. The highest BCUT2D eigenvalue weighted by Gasteiger charge is 2.09. The molecule has 0 aromatic rings. The van der Waals surface area contributed by atoms with E-state index >= 15 is 0 Å². The highest BCUT2D eigenvalue weighted by molar-refractivity contribution is 4.66. The molecule has 0 aliphatic carbocycles. The van der Waals surface area contributed by atoms with Crippen molar-refractivity contribution in [1.82, 2.24) is 29.4 Å². The van der Waals surface area contributed by atoms with Gasteiger partial charge in [0.1, 0.15) is 0 Å². The lowest BCUT2D eigenvalue weighted by Gasteiger charge is -2.18.